The fraction of sp³-hybridized carbons (Fsp3) is 0. The van der Waals surface area contributed by atoms with Crippen molar-refractivity contribution in [3.63, 3.8) is 0 Å². The molecule has 1 aromatic carbocycles. The minimum atomic E-state index is 0.358. The second-order valence-electron chi connectivity index (χ2n) is 2.86. The fourth-order valence-electron chi connectivity index (χ4n) is 1.29. The van der Waals surface area contributed by atoms with Crippen molar-refractivity contribution >= 4 is 18.9 Å². The topological polar surface area (TPSA) is 30.2 Å². The lowest BCUT2D eigenvalue weighted by Crippen LogP contribution is -1.80. The summed E-state index contributed by atoms with van der Waals surface area (Å²) >= 11 is 4.18. The average Bonchev–Trinajstić information content (AvgIpc) is 2.67. The Bertz CT molecular complexity index is 443. The number of hydrogen-bond donors (Lipinski definition) is 1. The number of hydrogen-bond acceptors (Lipinski definition) is 3. The molecule has 0 radical (unpaired) electrons. The standard InChI is InChI=1S/C11H8O2S/c12-7-11-10(5-6-13-11)8-1-3-9(14)4-2-8/h1-7,14H. The molecule has 0 aliphatic rings. The van der Waals surface area contributed by atoms with Gasteiger partial charge in [-0.05, 0) is 23.8 Å². The minimum absolute atomic E-state index is 0.358. The first-order valence-corrected chi connectivity index (χ1v) is 4.58. The van der Waals surface area contributed by atoms with E-state index in [1.807, 2.05) is 24.3 Å². The molecule has 3 heteroatoms. The summed E-state index contributed by atoms with van der Waals surface area (Å²) in [5.41, 5.74) is 1.77. The summed E-state index contributed by atoms with van der Waals surface area (Å²) in [6.45, 7) is 0. The second kappa shape index (κ2) is 3.72. The molecule has 0 saturated carbocycles. The molecule has 14 heavy (non-hydrogen) atoms. The maximum absolute atomic E-state index is 10.6. The highest BCUT2D eigenvalue weighted by molar-refractivity contribution is 7.80. The van der Waals surface area contributed by atoms with Gasteiger partial charge in [-0.1, -0.05) is 12.1 Å². The van der Waals surface area contributed by atoms with E-state index in [4.69, 9.17) is 4.42 Å². The summed E-state index contributed by atoms with van der Waals surface area (Å²) < 4.78 is 5.01. The highest BCUT2D eigenvalue weighted by Crippen LogP contribution is 2.24. The van der Waals surface area contributed by atoms with Crippen LogP contribution in [0.1, 0.15) is 10.6 Å². The Balaban J connectivity index is 2.49. The molecule has 2 rings (SSSR count). The Morgan fingerprint density at radius 2 is 1.86 bits per heavy atom. The van der Waals surface area contributed by atoms with Crippen LogP contribution in [0.5, 0.6) is 0 Å². The SMILES string of the molecule is O=Cc1occc1-c1ccc(S)cc1. The van der Waals surface area contributed by atoms with Gasteiger partial charge in [-0.2, -0.15) is 0 Å². The van der Waals surface area contributed by atoms with Crippen molar-refractivity contribution < 1.29 is 9.21 Å². The molecule has 0 bridgehead atoms. The third-order valence-electron chi connectivity index (χ3n) is 1.98. The zero-order valence-corrected chi connectivity index (χ0v) is 8.20. The lowest BCUT2D eigenvalue weighted by molar-refractivity contribution is 0.110. The molecule has 0 spiro atoms. The molecule has 0 unspecified atom stereocenters. The number of thiol groups is 1. The van der Waals surface area contributed by atoms with E-state index in [2.05, 4.69) is 12.6 Å². The van der Waals surface area contributed by atoms with Crippen LogP contribution in [0.4, 0.5) is 0 Å². The molecule has 1 heterocycles. The van der Waals surface area contributed by atoms with Crippen molar-refractivity contribution in [1.29, 1.82) is 0 Å². The normalized spacial score (nSPS) is 10.1. The monoisotopic (exact) mass is 204 g/mol. The smallest absolute Gasteiger partial charge is 0.185 e. The first-order chi connectivity index (χ1) is 6.81. The first kappa shape index (κ1) is 9.09. The largest absolute Gasteiger partial charge is 0.461 e. The molecule has 1 aromatic heterocycles. The van der Waals surface area contributed by atoms with Gasteiger partial charge in [-0.3, -0.25) is 4.79 Å². The molecule has 0 aliphatic carbocycles. The van der Waals surface area contributed by atoms with E-state index >= 15 is 0 Å². The third kappa shape index (κ3) is 1.59. The van der Waals surface area contributed by atoms with Crippen molar-refractivity contribution in [2.24, 2.45) is 0 Å². The van der Waals surface area contributed by atoms with Crippen LogP contribution >= 0.6 is 12.6 Å². The Kier molecular flexibility index (Phi) is 2.41. The van der Waals surface area contributed by atoms with E-state index < -0.39 is 0 Å². The molecule has 0 atom stereocenters. The second-order valence-corrected chi connectivity index (χ2v) is 3.38. The van der Waals surface area contributed by atoms with Gasteiger partial charge in [0.15, 0.2) is 12.0 Å². The molecular weight excluding hydrogens is 196 g/mol. The first-order valence-electron chi connectivity index (χ1n) is 4.13. The Hall–Kier alpha value is -1.48. The van der Waals surface area contributed by atoms with Crippen LogP contribution in [0, 0.1) is 0 Å². The van der Waals surface area contributed by atoms with Gasteiger partial charge in [-0.15, -0.1) is 12.6 Å². The van der Waals surface area contributed by atoms with Crippen LogP contribution in [0.2, 0.25) is 0 Å². The Labute approximate surface area is 87.0 Å². The summed E-state index contributed by atoms with van der Waals surface area (Å²) in [6.07, 6.45) is 2.22. The summed E-state index contributed by atoms with van der Waals surface area (Å²) in [4.78, 5) is 11.5. The Morgan fingerprint density at radius 3 is 2.50 bits per heavy atom. The number of rotatable bonds is 2. The average molecular weight is 204 g/mol. The van der Waals surface area contributed by atoms with Crippen molar-refractivity contribution in [2.75, 3.05) is 0 Å². The lowest BCUT2D eigenvalue weighted by atomic mass is 10.1. The fourth-order valence-corrected chi connectivity index (χ4v) is 1.44. The molecule has 70 valence electrons. The lowest BCUT2D eigenvalue weighted by Gasteiger charge is -1.98. The van der Waals surface area contributed by atoms with Gasteiger partial charge in [0.2, 0.25) is 0 Å². The van der Waals surface area contributed by atoms with Gasteiger partial charge < -0.3 is 4.42 Å². The minimum Gasteiger partial charge on any atom is -0.461 e. The van der Waals surface area contributed by atoms with Gasteiger partial charge in [0.1, 0.15) is 0 Å². The maximum Gasteiger partial charge on any atom is 0.185 e. The molecule has 0 N–H and O–H groups in total. The van der Waals surface area contributed by atoms with E-state index in [1.54, 1.807) is 6.07 Å². The van der Waals surface area contributed by atoms with Crippen molar-refractivity contribution in [2.45, 2.75) is 4.90 Å². The number of furan rings is 1. The highest BCUT2D eigenvalue weighted by Gasteiger charge is 2.06. The van der Waals surface area contributed by atoms with Gasteiger partial charge >= 0.3 is 0 Å². The third-order valence-corrected chi connectivity index (χ3v) is 2.28. The number of benzene rings is 1. The van der Waals surface area contributed by atoms with Gasteiger partial charge in [0, 0.05) is 10.5 Å². The van der Waals surface area contributed by atoms with Crippen LogP contribution in [-0.4, -0.2) is 6.29 Å². The number of carbonyl (C=O) groups excluding carboxylic acids is 1. The Morgan fingerprint density at radius 1 is 1.14 bits per heavy atom. The molecular formula is C11H8O2S. The van der Waals surface area contributed by atoms with Crippen LogP contribution in [-0.2, 0) is 0 Å². The number of carbonyl (C=O) groups is 1. The van der Waals surface area contributed by atoms with Gasteiger partial charge in [-0.25, -0.2) is 0 Å². The quantitative estimate of drug-likeness (QED) is 0.602. The van der Waals surface area contributed by atoms with Crippen LogP contribution in [0.3, 0.4) is 0 Å². The van der Waals surface area contributed by atoms with Crippen LogP contribution in [0.25, 0.3) is 11.1 Å². The predicted molar refractivity (Wildman–Crippen MR) is 56.8 cm³/mol. The highest BCUT2D eigenvalue weighted by atomic mass is 32.1. The molecule has 0 fully saturated rings. The number of aldehydes is 1. The zero-order valence-electron chi connectivity index (χ0n) is 7.31. The van der Waals surface area contributed by atoms with E-state index in [0.717, 1.165) is 16.0 Å². The van der Waals surface area contributed by atoms with E-state index in [9.17, 15) is 4.79 Å². The van der Waals surface area contributed by atoms with Crippen LogP contribution < -0.4 is 0 Å². The van der Waals surface area contributed by atoms with E-state index in [0.29, 0.717) is 12.0 Å². The summed E-state index contributed by atoms with van der Waals surface area (Å²) in [6, 6.07) is 9.33. The zero-order chi connectivity index (χ0) is 9.97. The van der Waals surface area contributed by atoms with E-state index in [1.165, 1.54) is 6.26 Å². The van der Waals surface area contributed by atoms with Crippen molar-refractivity contribution in [3.05, 3.63) is 42.4 Å². The van der Waals surface area contributed by atoms with Gasteiger partial charge in [0.25, 0.3) is 0 Å². The molecule has 0 saturated heterocycles. The van der Waals surface area contributed by atoms with Crippen molar-refractivity contribution in [3.8, 4) is 11.1 Å². The van der Waals surface area contributed by atoms with Gasteiger partial charge in [0.05, 0.1) is 6.26 Å². The summed E-state index contributed by atoms with van der Waals surface area (Å²) in [5.74, 6) is 0.358. The molecule has 2 aromatic rings. The molecule has 0 aliphatic heterocycles. The molecule has 2 nitrogen and oxygen atoms in total. The van der Waals surface area contributed by atoms with Crippen molar-refractivity contribution in [1.82, 2.24) is 0 Å². The predicted octanol–water partition coefficient (Wildman–Crippen LogP) is 3.05. The van der Waals surface area contributed by atoms with Crippen LogP contribution in [0.15, 0.2) is 45.9 Å². The molecule has 0 amide bonds. The summed E-state index contributed by atoms with van der Waals surface area (Å²) in [5, 5.41) is 0. The maximum atomic E-state index is 10.6. The van der Waals surface area contributed by atoms with E-state index in [-0.39, 0.29) is 0 Å². The summed E-state index contributed by atoms with van der Waals surface area (Å²) in [7, 11) is 0.